The first kappa shape index (κ1) is 19.3. The third kappa shape index (κ3) is 3.81. The van der Waals surface area contributed by atoms with Crippen LogP contribution in [-0.2, 0) is 19.3 Å². The molecule has 0 saturated heterocycles. The molecule has 0 unspecified atom stereocenters. The predicted octanol–water partition coefficient (Wildman–Crippen LogP) is 5.57. The summed E-state index contributed by atoms with van der Waals surface area (Å²) in [7, 11) is 0. The highest BCUT2D eigenvalue weighted by Crippen LogP contribution is 2.30. The molecule has 27 heavy (non-hydrogen) atoms. The number of hydrogen-bond acceptors (Lipinski definition) is 1. The van der Waals surface area contributed by atoms with Crippen molar-refractivity contribution >= 4 is 28.4 Å². The molecule has 0 aliphatic rings. The van der Waals surface area contributed by atoms with Gasteiger partial charge in [-0.2, -0.15) is 13.2 Å². The number of benzene rings is 2. The van der Waals surface area contributed by atoms with E-state index in [2.05, 4.69) is 5.32 Å². The number of amides is 1. The predicted molar refractivity (Wildman–Crippen MR) is 100.0 cm³/mol. The number of nitrogens with one attached hydrogen (secondary N) is 1. The lowest BCUT2D eigenvalue weighted by Gasteiger charge is -2.11. The molecule has 3 nitrogen and oxygen atoms in total. The molecular weight excluding hydrogens is 377 g/mol. The molecule has 2 aromatic carbocycles. The summed E-state index contributed by atoms with van der Waals surface area (Å²) in [5.74, 6) is -0.334. The zero-order valence-electron chi connectivity index (χ0n) is 14.8. The van der Waals surface area contributed by atoms with Gasteiger partial charge in [-0.1, -0.05) is 23.7 Å². The van der Waals surface area contributed by atoms with E-state index >= 15 is 0 Å². The van der Waals surface area contributed by atoms with E-state index in [-0.39, 0.29) is 12.5 Å². The van der Waals surface area contributed by atoms with Gasteiger partial charge in [-0.05, 0) is 55.3 Å². The largest absolute Gasteiger partial charge is 0.416 e. The van der Waals surface area contributed by atoms with Gasteiger partial charge in [-0.3, -0.25) is 4.79 Å². The highest BCUT2D eigenvalue weighted by molar-refractivity contribution is 6.31. The Hall–Kier alpha value is -2.47. The molecule has 0 aliphatic heterocycles. The molecule has 0 atom stereocenters. The van der Waals surface area contributed by atoms with E-state index in [0.717, 1.165) is 28.6 Å². The zero-order valence-corrected chi connectivity index (χ0v) is 15.6. The van der Waals surface area contributed by atoms with Crippen molar-refractivity contribution in [1.29, 1.82) is 0 Å². The third-order valence-corrected chi connectivity index (χ3v) is 4.75. The van der Waals surface area contributed by atoms with Gasteiger partial charge in [-0.25, -0.2) is 0 Å². The zero-order chi connectivity index (χ0) is 19.8. The molecule has 0 radical (unpaired) electrons. The van der Waals surface area contributed by atoms with Crippen LogP contribution in [0.25, 0.3) is 10.9 Å². The summed E-state index contributed by atoms with van der Waals surface area (Å²) in [5.41, 5.74) is 1.82. The van der Waals surface area contributed by atoms with Gasteiger partial charge < -0.3 is 9.88 Å². The van der Waals surface area contributed by atoms with Crippen molar-refractivity contribution in [3.05, 3.63) is 69.9 Å². The standard InChI is InChI=1S/C20H18ClF3N2O/c1-3-26-17-8-7-15(21)10-16(17)12(2)18(26)19(27)25-11-13-5-4-6-14(9-13)20(22,23)24/h4-10H,3,11H2,1-2H3,(H,25,27). The van der Waals surface area contributed by atoms with Crippen molar-refractivity contribution in [3.8, 4) is 0 Å². The minimum absolute atomic E-state index is 0.00812. The van der Waals surface area contributed by atoms with Gasteiger partial charge in [0, 0.05) is 29.0 Å². The number of rotatable bonds is 4. The number of carbonyl (C=O) groups is 1. The van der Waals surface area contributed by atoms with Crippen LogP contribution in [0, 0.1) is 6.92 Å². The molecule has 1 N–H and O–H groups in total. The summed E-state index contributed by atoms with van der Waals surface area (Å²) in [4.78, 5) is 12.8. The van der Waals surface area contributed by atoms with E-state index in [1.54, 1.807) is 12.1 Å². The number of carbonyl (C=O) groups excluding carboxylic acids is 1. The fraction of sp³-hybridized carbons (Fsp3) is 0.250. The van der Waals surface area contributed by atoms with Crippen LogP contribution in [-0.4, -0.2) is 10.5 Å². The van der Waals surface area contributed by atoms with Crippen LogP contribution < -0.4 is 5.32 Å². The van der Waals surface area contributed by atoms with Gasteiger partial charge in [-0.15, -0.1) is 0 Å². The highest BCUT2D eigenvalue weighted by atomic mass is 35.5. The molecule has 7 heteroatoms. The average Bonchev–Trinajstić information content (AvgIpc) is 2.91. The molecule has 0 saturated carbocycles. The Balaban J connectivity index is 1.88. The highest BCUT2D eigenvalue weighted by Gasteiger charge is 2.30. The fourth-order valence-electron chi connectivity index (χ4n) is 3.24. The molecule has 1 aromatic heterocycles. The molecule has 1 heterocycles. The average molecular weight is 395 g/mol. The monoisotopic (exact) mass is 394 g/mol. The van der Waals surface area contributed by atoms with Gasteiger partial charge in [0.2, 0.25) is 0 Å². The molecule has 3 rings (SSSR count). The van der Waals surface area contributed by atoms with Crippen molar-refractivity contribution in [2.24, 2.45) is 0 Å². The van der Waals surface area contributed by atoms with Gasteiger partial charge in [0.1, 0.15) is 5.69 Å². The van der Waals surface area contributed by atoms with Crippen LogP contribution in [0.3, 0.4) is 0 Å². The third-order valence-electron chi connectivity index (χ3n) is 4.52. The quantitative estimate of drug-likeness (QED) is 0.616. The van der Waals surface area contributed by atoms with Crippen molar-refractivity contribution < 1.29 is 18.0 Å². The summed E-state index contributed by atoms with van der Waals surface area (Å²) in [5, 5.41) is 4.19. The Morgan fingerprint density at radius 3 is 2.59 bits per heavy atom. The summed E-state index contributed by atoms with van der Waals surface area (Å²) in [6.07, 6.45) is -4.41. The normalized spacial score (nSPS) is 11.8. The molecule has 3 aromatic rings. The lowest BCUT2D eigenvalue weighted by atomic mass is 10.1. The number of fused-ring (bicyclic) bond motifs is 1. The molecular formula is C20H18ClF3N2O. The summed E-state index contributed by atoms with van der Waals surface area (Å²) >= 11 is 6.07. The van der Waals surface area contributed by atoms with Crippen molar-refractivity contribution in [2.75, 3.05) is 0 Å². The van der Waals surface area contributed by atoms with Crippen LogP contribution in [0.1, 0.15) is 34.1 Å². The number of aromatic nitrogens is 1. The molecule has 0 fully saturated rings. The van der Waals surface area contributed by atoms with Crippen LogP contribution in [0.4, 0.5) is 13.2 Å². The first-order valence-corrected chi connectivity index (χ1v) is 8.83. The minimum atomic E-state index is -4.41. The van der Waals surface area contributed by atoms with Crippen molar-refractivity contribution in [3.63, 3.8) is 0 Å². The van der Waals surface area contributed by atoms with E-state index in [1.807, 2.05) is 30.5 Å². The second kappa shape index (κ2) is 7.27. The second-order valence-corrected chi connectivity index (χ2v) is 6.70. The Bertz CT molecular complexity index is 1010. The van der Waals surface area contributed by atoms with E-state index in [0.29, 0.717) is 22.8 Å². The smallest absolute Gasteiger partial charge is 0.347 e. The van der Waals surface area contributed by atoms with E-state index < -0.39 is 11.7 Å². The number of hydrogen-bond donors (Lipinski definition) is 1. The van der Waals surface area contributed by atoms with Crippen LogP contribution in [0.5, 0.6) is 0 Å². The Kier molecular flexibility index (Phi) is 5.20. The van der Waals surface area contributed by atoms with Gasteiger partial charge >= 0.3 is 6.18 Å². The van der Waals surface area contributed by atoms with Gasteiger partial charge in [0.15, 0.2) is 0 Å². The fourth-order valence-corrected chi connectivity index (χ4v) is 3.41. The van der Waals surface area contributed by atoms with Crippen LogP contribution in [0.2, 0.25) is 5.02 Å². The van der Waals surface area contributed by atoms with Crippen molar-refractivity contribution in [2.45, 2.75) is 33.1 Å². The van der Waals surface area contributed by atoms with Crippen LogP contribution >= 0.6 is 11.6 Å². The Morgan fingerprint density at radius 2 is 1.93 bits per heavy atom. The summed E-state index contributed by atoms with van der Waals surface area (Å²) in [6, 6.07) is 10.4. The maximum absolute atomic E-state index is 12.8. The van der Waals surface area contributed by atoms with E-state index in [4.69, 9.17) is 11.6 Å². The first-order valence-electron chi connectivity index (χ1n) is 8.45. The molecule has 0 spiro atoms. The summed E-state index contributed by atoms with van der Waals surface area (Å²) in [6.45, 7) is 4.35. The molecule has 0 bridgehead atoms. The molecule has 142 valence electrons. The Morgan fingerprint density at radius 1 is 1.19 bits per heavy atom. The van der Waals surface area contributed by atoms with Crippen molar-refractivity contribution in [1.82, 2.24) is 9.88 Å². The minimum Gasteiger partial charge on any atom is -0.347 e. The number of nitrogens with zero attached hydrogens (tertiary/aromatic N) is 1. The SMILES string of the molecule is CCn1c(C(=O)NCc2cccc(C(F)(F)F)c2)c(C)c2cc(Cl)ccc21. The second-order valence-electron chi connectivity index (χ2n) is 6.26. The maximum atomic E-state index is 12.8. The van der Waals surface area contributed by atoms with Gasteiger partial charge in [0.05, 0.1) is 5.56 Å². The first-order chi connectivity index (χ1) is 12.7. The topological polar surface area (TPSA) is 34.0 Å². The molecule has 1 amide bonds. The van der Waals surface area contributed by atoms with E-state index in [9.17, 15) is 18.0 Å². The summed E-state index contributed by atoms with van der Waals surface area (Å²) < 4.78 is 40.4. The number of aryl methyl sites for hydroxylation is 2. The number of alkyl halides is 3. The number of halogens is 4. The molecule has 0 aliphatic carbocycles. The van der Waals surface area contributed by atoms with Gasteiger partial charge in [0.25, 0.3) is 5.91 Å². The lowest BCUT2D eigenvalue weighted by molar-refractivity contribution is -0.137. The maximum Gasteiger partial charge on any atom is 0.416 e. The lowest BCUT2D eigenvalue weighted by Crippen LogP contribution is -2.26. The Labute approximate surface area is 159 Å². The van der Waals surface area contributed by atoms with E-state index in [1.165, 1.54) is 6.07 Å². The van der Waals surface area contributed by atoms with Crippen LogP contribution in [0.15, 0.2) is 42.5 Å².